The highest BCUT2D eigenvalue weighted by Gasteiger charge is 2.15. The van der Waals surface area contributed by atoms with Gasteiger partial charge in [0.25, 0.3) is 0 Å². The summed E-state index contributed by atoms with van der Waals surface area (Å²) in [5.41, 5.74) is 2.95. The fraction of sp³-hybridized carbons (Fsp3) is 0.400. The van der Waals surface area contributed by atoms with Gasteiger partial charge in [-0.05, 0) is 30.4 Å². The van der Waals surface area contributed by atoms with E-state index in [0.717, 1.165) is 0 Å². The number of benzene rings is 1. The van der Waals surface area contributed by atoms with Gasteiger partial charge in [-0.1, -0.05) is 24.3 Å². The number of hydrogen-bond acceptors (Lipinski definition) is 1. The lowest BCUT2D eigenvalue weighted by Gasteiger charge is -2.20. The monoisotopic (exact) mass is 164 g/mol. The Morgan fingerprint density at radius 3 is 2.91 bits per heavy atom. The Balaban J connectivity index is 2.44. The van der Waals surface area contributed by atoms with Gasteiger partial charge >= 0.3 is 0 Å². The maximum Gasteiger partial charge on any atom is 0.0269 e. The van der Waals surface area contributed by atoms with Gasteiger partial charge in [-0.25, -0.2) is 0 Å². The van der Waals surface area contributed by atoms with Crippen molar-refractivity contribution < 1.29 is 0 Å². The molecule has 0 aromatic heterocycles. The number of rotatable bonds is 0. The third-order valence-corrected chi connectivity index (χ3v) is 2.87. The van der Waals surface area contributed by atoms with E-state index in [2.05, 4.69) is 36.9 Å². The second-order valence-corrected chi connectivity index (χ2v) is 3.73. The highest BCUT2D eigenvalue weighted by atomic mass is 32.1. The molecule has 0 N–H and O–H groups in total. The van der Waals surface area contributed by atoms with Gasteiger partial charge in [-0.15, -0.1) is 0 Å². The molecular weight excluding hydrogens is 152 g/mol. The molecule has 0 fully saturated rings. The van der Waals surface area contributed by atoms with Crippen LogP contribution in [0.4, 0.5) is 0 Å². The minimum Gasteiger partial charge on any atom is -0.171 e. The van der Waals surface area contributed by atoms with Crippen LogP contribution < -0.4 is 0 Å². The van der Waals surface area contributed by atoms with E-state index in [0.29, 0.717) is 5.25 Å². The molecule has 58 valence electrons. The highest BCUT2D eigenvalue weighted by molar-refractivity contribution is 7.80. The van der Waals surface area contributed by atoms with Crippen LogP contribution in [0.15, 0.2) is 24.3 Å². The van der Waals surface area contributed by atoms with E-state index in [9.17, 15) is 0 Å². The molecule has 0 bridgehead atoms. The Morgan fingerprint density at radius 1 is 1.27 bits per heavy atom. The summed E-state index contributed by atoms with van der Waals surface area (Å²) >= 11 is 4.54. The fourth-order valence-electron chi connectivity index (χ4n) is 1.73. The average Bonchev–Trinajstić information content (AvgIpc) is 2.06. The molecule has 11 heavy (non-hydrogen) atoms. The normalized spacial score (nSPS) is 22.8. The molecule has 1 aliphatic carbocycles. The third-order valence-electron chi connectivity index (χ3n) is 2.34. The van der Waals surface area contributed by atoms with Gasteiger partial charge in [0.05, 0.1) is 0 Å². The average molecular weight is 164 g/mol. The van der Waals surface area contributed by atoms with Gasteiger partial charge in [0, 0.05) is 5.25 Å². The molecule has 1 aromatic rings. The fourth-order valence-corrected chi connectivity index (χ4v) is 2.16. The molecule has 0 heterocycles. The van der Waals surface area contributed by atoms with E-state index in [-0.39, 0.29) is 0 Å². The molecule has 0 spiro atoms. The molecule has 2 rings (SSSR count). The molecule has 0 saturated carbocycles. The van der Waals surface area contributed by atoms with E-state index in [1.165, 1.54) is 30.4 Å². The van der Waals surface area contributed by atoms with E-state index < -0.39 is 0 Å². The van der Waals surface area contributed by atoms with Gasteiger partial charge < -0.3 is 0 Å². The van der Waals surface area contributed by atoms with Crippen LogP contribution in [0.2, 0.25) is 0 Å². The third kappa shape index (κ3) is 1.30. The first kappa shape index (κ1) is 7.23. The summed E-state index contributed by atoms with van der Waals surface area (Å²) in [4.78, 5) is 0. The van der Waals surface area contributed by atoms with Crippen molar-refractivity contribution in [1.29, 1.82) is 0 Å². The van der Waals surface area contributed by atoms with Crippen molar-refractivity contribution in [1.82, 2.24) is 0 Å². The van der Waals surface area contributed by atoms with Crippen LogP contribution in [0.3, 0.4) is 0 Å². The van der Waals surface area contributed by atoms with E-state index in [1.807, 2.05) is 0 Å². The maximum absolute atomic E-state index is 4.54. The van der Waals surface area contributed by atoms with Crippen LogP contribution in [0, 0.1) is 0 Å². The van der Waals surface area contributed by atoms with E-state index >= 15 is 0 Å². The Bertz CT molecular complexity index is 255. The summed E-state index contributed by atoms with van der Waals surface area (Å²) in [5.74, 6) is 0. The van der Waals surface area contributed by atoms with Crippen molar-refractivity contribution >= 4 is 12.6 Å². The largest absolute Gasteiger partial charge is 0.171 e. The van der Waals surface area contributed by atoms with Gasteiger partial charge in [-0.2, -0.15) is 12.6 Å². The molecule has 0 nitrogen and oxygen atoms in total. The molecule has 0 radical (unpaired) electrons. The SMILES string of the molecule is S[C@H]1CCCc2ccccc21. The van der Waals surface area contributed by atoms with Gasteiger partial charge in [0.15, 0.2) is 0 Å². The summed E-state index contributed by atoms with van der Waals surface area (Å²) in [6.45, 7) is 0. The molecule has 1 atom stereocenters. The first-order chi connectivity index (χ1) is 5.38. The van der Waals surface area contributed by atoms with Crippen molar-refractivity contribution in [3.63, 3.8) is 0 Å². The summed E-state index contributed by atoms with van der Waals surface area (Å²) in [6.07, 6.45) is 3.78. The molecule has 1 heteroatoms. The topological polar surface area (TPSA) is 0 Å². The van der Waals surface area contributed by atoms with Crippen LogP contribution in [-0.4, -0.2) is 0 Å². The van der Waals surface area contributed by atoms with Gasteiger partial charge in [-0.3, -0.25) is 0 Å². The lowest BCUT2D eigenvalue weighted by molar-refractivity contribution is 0.676. The number of thiol groups is 1. The molecule has 0 aliphatic heterocycles. The van der Waals surface area contributed by atoms with Crippen molar-refractivity contribution in [2.45, 2.75) is 24.5 Å². The second kappa shape index (κ2) is 2.90. The van der Waals surface area contributed by atoms with Crippen molar-refractivity contribution in [3.05, 3.63) is 35.4 Å². The van der Waals surface area contributed by atoms with E-state index in [4.69, 9.17) is 0 Å². The molecule has 0 amide bonds. The standard InChI is InChI=1S/C10H12S/c11-10-7-3-5-8-4-1-2-6-9(8)10/h1-2,4,6,10-11H,3,5,7H2/t10-/m0/s1. The molecule has 1 aliphatic rings. The smallest absolute Gasteiger partial charge is 0.0269 e. The minimum atomic E-state index is 0.486. The Hall–Kier alpha value is -0.430. The summed E-state index contributed by atoms with van der Waals surface area (Å²) < 4.78 is 0. The summed E-state index contributed by atoms with van der Waals surface area (Å²) in [7, 11) is 0. The lowest BCUT2D eigenvalue weighted by atomic mass is 9.91. The zero-order chi connectivity index (χ0) is 7.68. The molecular formula is C10H12S. The molecule has 1 aromatic carbocycles. The van der Waals surface area contributed by atoms with Crippen molar-refractivity contribution in [2.24, 2.45) is 0 Å². The summed E-state index contributed by atoms with van der Waals surface area (Å²) in [6, 6.07) is 8.64. The van der Waals surface area contributed by atoms with Crippen LogP contribution in [0.25, 0.3) is 0 Å². The quantitative estimate of drug-likeness (QED) is 0.560. The second-order valence-electron chi connectivity index (χ2n) is 3.11. The first-order valence-electron chi connectivity index (χ1n) is 4.14. The minimum absolute atomic E-state index is 0.486. The van der Waals surface area contributed by atoms with Crippen LogP contribution in [0.1, 0.15) is 29.2 Å². The zero-order valence-corrected chi connectivity index (χ0v) is 7.35. The Morgan fingerprint density at radius 2 is 2.09 bits per heavy atom. The van der Waals surface area contributed by atoms with Crippen LogP contribution in [0.5, 0.6) is 0 Å². The maximum atomic E-state index is 4.54. The van der Waals surface area contributed by atoms with Gasteiger partial charge in [0.2, 0.25) is 0 Å². The number of hydrogen-bond donors (Lipinski definition) is 1. The Kier molecular flexibility index (Phi) is 1.91. The number of aryl methyl sites for hydroxylation is 1. The summed E-state index contributed by atoms with van der Waals surface area (Å²) in [5, 5.41) is 0.486. The molecule has 0 unspecified atom stereocenters. The van der Waals surface area contributed by atoms with Crippen molar-refractivity contribution in [3.8, 4) is 0 Å². The highest BCUT2D eigenvalue weighted by Crippen LogP contribution is 2.33. The van der Waals surface area contributed by atoms with Crippen LogP contribution >= 0.6 is 12.6 Å². The number of fused-ring (bicyclic) bond motifs is 1. The molecule has 0 saturated heterocycles. The van der Waals surface area contributed by atoms with Crippen LogP contribution in [-0.2, 0) is 6.42 Å². The Labute approximate surface area is 73.0 Å². The van der Waals surface area contributed by atoms with E-state index in [1.54, 1.807) is 0 Å². The first-order valence-corrected chi connectivity index (χ1v) is 4.65. The predicted molar refractivity (Wildman–Crippen MR) is 51.1 cm³/mol. The van der Waals surface area contributed by atoms with Crippen molar-refractivity contribution in [2.75, 3.05) is 0 Å². The van der Waals surface area contributed by atoms with Gasteiger partial charge in [0.1, 0.15) is 0 Å². The predicted octanol–water partition coefficient (Wildman–Crippen LogP) is 2.99. The lowest BCUT2D eigenvalue weighted by Crippen LogP contribution is -2.04. The zero-order valence-electron chi connectivity index (χ0n) is 6.46.